The first-order valence-electron chi connectivity index (χ1n) is 6.53. The molecule has 3 N–H and O–H groups in total. The monoisotopic (exact) mass is 328 g/mol. The summed E-state index contributed by atoms with van der Waals surface area (Å²) in [6.07, 6.45) is 3.58. The van der Waals surface area contributed by atoms with Gasteiger partial charge in [0.2, 0.25) is 5.91 Å². The van der Waals surface area contributed by atoms with E-state index in [9.17, 15) is 9.18 Å². The second kappa shape index (κ2) is 6.48. The highest BCUT2D eigenvalue weighted by Gasteiger charge is 2.24. The van der Waals surface area contributed by atoms with Gasteiger partial charge >= 0.3 is 0 Å². The van der Waals surface area contributed by atoms with Gasteiger partial charge in [-0.3, -0.25) is 4.79 Å². The Morgan fingerprint density at radius 2 is 2.05 bits per heavy atom. The predicted molar refractivity (Wildman–Crippen MR) is 75.9 cm³/mol. The molecule has 1 saturated carbocycles. The summed E-state index contributed by atoms with van der Waals surface area (Å²) in [7, 11) is 0. The van der Waals surface area contributed by atoms with Gasteiger partial charge in [-0.1, -0.05) is 12.1 Å². The first kappa shape index (κ1) is 14.5. The molecular weight excluding hydrogens is 311 g/mol. The van der Waals surface area contributed by atoms with Crippen molar-refractivity contribution in [2.45, 2.75) is 38.3 Å². The van der Waals surface area contributed by atoms with Crippen LogP contribution in [0, 0.1) is 11.7 Å². The maximum absolute atomic E-state index is 13.4. The fourth-order valence-corrected chi connectivity index (χ4v) is 2.93. The number of hydrogen-bond acceptors (Lipinski definition) is 2. The minimum absolute atomic E-state index is 0.0268. The zero-order chi connectivity index (χ0) is 13.8. The number of benzene rings is 1. The second-order valence-corrected chi connectivity index (χ2v) is 5.84. The number of halogens is 2. The molecule has 2 rings (SSSR count). The predicted octanol–water partition coefficient (Wildman–Crippen LogP) is 2.72. The van der Waals surface area contributed by atoms with Crippen molar-refractivity contribution in [1.82, 2.24) is 5.32 Å². The number of primary amides is 1. The van der Waals surface area contributed by atoms with E-state index in [1.54, 1.807) is 6.07 Å². The Balaban J connectivity index is 1.84. The number of amides is 1. The number of carbonyl (C=O) groups excluding carboxylic acids is 1. The van der Waals surface area contributed by atoms with Crippen molar-refractivity contribution in [3.8, 4) is 0 Å². The van der Waals surface area contributed by atoms with Crippen LogP contribution in [0.2, 0.25) is 0 Å². The largest absolute Gasteiger partial charge is 0.369 e. The Hall–Kier alpha value is -0.940. The topological polar surface area (TPSA) is 55.1 Å². The van der Waals surface area contributed by atoms with E-state index in [4.69, 9.17) is 5.73 Å². The highest BCUT2D eigenvalue weighted by atomic mass is 79.9. The maximum Gasteiger partial charge on any atom is 0.220 e. The van der Waals surface area contributed by atoms with Crippen LogP contribution in [0.15, 0.2) is 22.7 Å². The maximum atomic E-state index is 13.4. The van der Waals surface area contributed by atoms with Gasteiger partial charge in [-0.05, 0) is 53.2 Å². The molecule has 0 heterocycles. The van der Waals surface area contributed by atoms with Crippen molar-refractivity contribution >= 4 is 21.8 Å². The summed E-state index contributed by atoms with van der Waals surface area (Å²) >= 11 is 3.26. The zero-order valence-corrected chi connectivity index (χ0v) is 12.2. The highest BCUT2D eigenvalue weighted by molar-refractivity contribution is 9.10. The third kappa shape index (κ3) is 3.76. The van der Waals surface area contributed by atoms with Gasteiger partial charge in [0.15, 0.2) is 0 Å². The van der Waals surface area contributed by atoms with Crippen LogP contribution in [0.4, 0.5) is 4.39 Å². The molecule has 0 aromatic heterocycles. The molecule has 0 saturated heterocycles. The lowest BCUT2D eigenvalue weighted by molar-refractivity contribution is -0.122. The van der Waals surface area contributed by atoms with Gasteiger partial charge in [0.25, 0.3) is 0 Å². The van der Waals surface area contributed by atoms with Gasteiger partial charge in [0.05, 0.1) is 4.47 Å². The average molecular weight is 329 g/mol. The van der Waals surface area contributed by atoms with E-state index in [0.717, 1.165) is 31.2 Å². The molecule has 1 aliphatic rings. The van der Waals surface area contributed by atoms with E-state index in [0.29, 0.717) is 17.1 Å². The lowest BCUT2D eigenvalue weighted by Gasteiger charge is -2.27. The molecule has 1 fully saturated rings. The lowest BCUT2D eigenvalue weighted by Crippen LogP contribution is -2.36. The van der Waals surface area contributed by atoms with Crippen molar-refractivity contribution in [1.29, 1.82) is 0 Å². The van der Waals surface area contributed by atoms with E-state index in [1.165, 1.54) is 6.07 Å². The van der Waals surface area contributed by atoms with Gasteiger partial charge in [-0.15, -0.1) is 0 Å². The molecule has 104 valence electrons. The molecule has 0 bridgehead atoms. The van der Waals surface area contributed by atoms with Gasteiger partial charge in [0.1, 0.15) is 5.82 Å². The molecule has 5 heteroatoms. The van der Waals surface area contributed by atoms with Crippen LogP contribution in [-0.4, -0.2) is 11.9 Å². The van der Waals surface area contributed by atoms with Crippen LogP contribution in [0.25, 0.3) is 0 Å². The van der Waals surface area contributed by atoms with Gasteiger partial charge in [-0.2, -0.15) is 0 Å². The number of nitrogens with two attached hydrogens (primary N) is 1. The van der Waals surface area contributed by atoms with Crippen LogP contribution in [0.5, 0.6) is 0 Å². The van der Waals surface area contributed by atoms with Crippen molar-refractivity contribution in [3.05, 3.63) is 34.1 Å². The Morgan fingerprint density at radius 1 is 1.37 bits per heavy atom. The lowest BCUT2D eigenvalue weighted by atomic mass is 9.85. The van der Waals surface area contributed by atoms with E-state index in [1.807, 2.05) is 6.07 Å². The number of rotatable bonds is 4. The van der Waals surface area contributed by atoms with Crippen molar-refractivity contribution in [2.24, 2.45) is 11.7 Å². The van der Waals surface area contributed by atoms with Crippen molar-refractivity contribution in [2.75, 3.05) is 0 Å². The third-order valence-electron chi connectivity index (χ3n) is 3.74. The second-order valence-electron chi connectivity index (χ2n) is 5.04. The number of carbonyl (C=O) groups is 1. The molecule has 0 aliphatic heterocycles. The first-order chi connectivity index (χ1) is 9.08. The van der Waals surface area contributed by atoms with E-state index >= 15 is 0 Å². The number of nitrogens with one attached hydrogen (secondary N) is 1. The van der Waals surface area contributed by atoms with Gasteiger partial charge in [-0.25, -0.2) is 4.39 Å². The molecule has 0 spiro atoms. The summed E-state index contributed by atoms with van der Waals surface area (Å²) in [6.45, 7) is 0.629. The molecule has 1 amide bonds. The SMILES string of the molecule is NC(=O)C1CCC(NCc2cccc(F)c2Br)CC1. The van der Waals surface area contributed by atoms with E-state index in [2.05, 4.69) is 21.2 Å². The molecule has 0 unspecified atom stereocenters. The summed E-state index contributed by atoms with van der Waals surface area (Å²) in [5, 5.41) is 3.42. The Labute approximate surface area is 120 Å². The molecule has 1 aromatic rings. The summed E-state index contributed by atoms with van der Waals surface area (Å²) < 4.78 is 13.9. The summed E-state index contributed by atoms with van der Waals surface area (Å²) in [4.78, 5) is 11.1. The van der Waals surface area contributed by atoms with Crippen LogP contribution in [0.1, 0.15) is 31.2 Å². The quantitative estimate of drug-likeness (QED) is 0.892. The Morgan fingerprint density at radius 3 is 2.68 bits per heavy atom. The molecular formula is C14H18BrFN2O. The fourth-order valence-electron chi connectivity index (χ4n) is 2.52. The third-order valence-corrected chi connectivity index (χ3v) is 4.63. The van der Waals surface area contributed by atoms with Crippen molar-refractivity contribution < 1.29 is 9.18 Å². The molecule has 3 nitrogen and oxygen atoms in total. The summed E-state index contributed by atoms with van der Waals surface area (Å²) in [6, 6.07) is 5.42. The average Bonchev–Trinajstić information content (AvgIpc) is 2.41. The van der Waals surface area contributed by atoms with Crippen LogP contribution >= 0.6 is 15.9 Å². The van der Waals surface area contributed by atoms with Crippen LogP contribution < -0.4 is 11.1 Å². The van der Waals surface area contributed by atoms with Gasteiger partial charge < -0.3 is 11.1 Å². The minimum Gasteiger partial charge on any atom is -0.369 e. The molecule has 1 aliphatic carbocycles. The molecule has 0 atom stereocenters. The fraction of sp³-hybridized carbons (Fsp3) is 0.500. The molecule has 19 heavy (non-hydrogen) atoms. The van der Waals surface area contributed by atoms with Crippen molar-refractivity contribution in [3.63, 3.8) is 0 Å². The number of hydrogen-bond donors (Lipinski definition) is 2. The van der Waals surface area contributed by atoms with E-state index in [-0.39, 0.29) is 17.6 Å². The standard InChI is InChI=1S/C14H18BrFN2O/c15-13-10(2-1-3-12(13)16)8-18-11-6-4-9(5-7-11)14(17)19/h1-3,9,11,18H,4-8H2,(H2,17,19). The Kier molecular flexibility index (Phi) is 4.93. The molecule has 0 radical (unpaired) electrons. The molecule has 1 aromatic carbocycles. The van der Waals surface area contributed by atoms with Crippen LogP contribution in [0.3, 0.4) is 0 Å². The highest BCUT2D eigenvalue weighted by Crippen LogP contribution is 2.25. The van der Waals surface area contributed by atoms with E-state index < -0.39 is 0 Å². The van der Waals surface area contributed by atoms with Gasteiger partial charge in [0, 0.05) is 18.5 Å². The summed E-state index contributed by atoms with van der Waals surface area (Å²) in [5.74, 6) is -0.401. The minimum atomic E-state index is -0.239. The summed E-state index contributed by atoms with van der Waals surface area (Å²) in [5.41, 5.74) is 6.22. The Bertz CT molecular complexity index is 459. The smallest absolute Gasteiger partial charge is 0.220 e. The first-order valence-corrected chi connectivity index (χ1v) is 7.33. The normalized spacial score (nSPS) is 23.3. The zero-order valence-electron chi connectivity index (χ0n) is 10.7. The van der Waals surface area contributed by atoms with Crippen LogP contribution in [-0.2, 0) is 11.3 Å².